The average Bonchev–Trinajstić information content (AvgIpc) is 3.39. The molecule has 2 fully saturated rings. The third kappa shape index (κ3) is 7.11. The average molecular weight is 847 g/mol. The van der Waals surface area contributed by atoms with E-state index in [4.69, 9.17) is 35.5 Å². The third-order valence-electron chi connectivity index (χ3n) is 13.0. The van der Waals surface area contributed by atoms with Crippen LogP contribution in [0.5, 0.6) is 11.5 Å². The van der Waals surface area contributed by atoms with Crippen LogP contribution >= 0.6 is 11.6 Å². The first-order chi connectivity index (χ1) is 27.7. The van der Waals surface area contributed by atoms with Gasteiger partial charge in [0.1, 0.15) is 43.0 Å². The Balaban J connectivity index is 1.51. The van der Waals surface area contributed by atoms with E-state index in [9.17, 15) is 4.79 Å². The number of carbonyl (C=O) groups excluding carboxylic acids is 1. The number of anilines is 1. The monoisotopic (exact) mass is 845 g/mol. The Morgan fingerprint density at radius 3 is 2.34 bits per heavy atom. The number of carbonyl (C=O) groups is 1. The van der Waals surface area contributed by atoms with Crippen LogP contribution in [0.15, 0.2) is 24.3 Å². The van der Waals surface area contributed by atoms with Gasteiger partial charge in [0.2, 0.25) is 0 Å². The smallest absolute Gasteiger partial charge is 0.410 e. The number of fused-ring (bicyclic) bond motifs is 6. The van der Waals surface area contributed by atoms with E-state index >= 15 is 8.78 Å². The highest BCUT2D eigenvalue weighted by atomic mass is 35.5. The van der Waals surface area contributed by atoms with Gasteiger partial charge >= 0.3 is 6.09 Å². The van der Waals surface area contributed by atoms with E-state index in [1.165, 1.54) is 13.2 Å². The predicted molar refractivity (Wildman–Crippen MR) is 236 cm³/mol. The maximum Gasteiger partial charge on any atom is 0.410 e. The minimum absolute atomic E-state index is 0.0331. The zero-order valence-corrected chi connectivity index (χ0v) is 38.5. The summed E-state index contributed by atoms with van der Waals surface area (Å²) in [5, 5.41) is 1.87. The second-order valence-electron chi connectivity index (χ2n) is 18.6. The van der Waals surface area contributed by atoms with Gasteiger partial charge in [-0.1, -0.05) is 65.1 Å². The number of methoxy groups -OCH3 is 1. The lowest BCUT2D eigenvalue weighted by Gasteiger charge is -2.48. The molecule has 3 aliphatic heterocycles. The lowest BCUT2D eigenvalue weighted by molar-refractivity contribution is 0.00115. The van der Waals surface area contributed by atoms with Gasteiger partial charge in [-0.05, 0) is 106 Å². The third-order valence-corrected chi connectivity index (χ3v) is 19.7. The Hall–Kier alpha value is -4.11. The number of pyridine rings is 1. The molecule has 59 heavy (non-hydrogen) atoms. The fraction of sp³-hybridized carbons (Fsp3) is 0.532. The molecule has 12 heteroatoms. The summed E-state index contributed by atoms with van der Waals surface area (Å²) in [7, 11) is -0.801. The highest BCUT2D eigenvalue weighted by molar-refractivity contribution is 6.90. The van der Waals surface area contributed by atoms with E-state index in [2.05, 4.69) is 57.9 Å². The Labute approximate surface area is 353 Å². The summed E-state index contributed by atoms with van der Waals surface area (Å²) in [6, 6.07) is 5.86. The number of amides is 1. The molecule has 2 saturated heterocycles. The molecule has 0 saturated carbocycles. The van der Waals surface area contributed by atoms with Gasteiger partial charge in [-0.15, -0.1) is 5.54 Å². The largest absolute Gasteiger partial charge is 0.486 e. The maximum absolute atomic E-state index is 18.1. The van der Waals surface area contributed by atoms with Gasteiger partial charge in [-0.2, -0.15) is 0 Å². The molecule has 0 aliphatic carbocycles. The van der Waals surface area contributed by atoms with Gasteiger partial charge in [-0.25, -0.2) is 18.6 Å². The van der Waals surface area contributed by atoms with Gasteiger partial charge < -0.3 is 23.8 Å². The van der Waals surface area contributed by atoms with E-state index in [0.717, 1.165) is 12.8 Å². The topological polar surface area (TPSA) is 73.4 Å². The molecule has 0 spiro atoms. The molecule has 8 nitrogen and oxygen atoms in total. The van der Waals surface area contributed by atoms with Gasteiger partial charge in [0.25, 0.3) is 0 Å². The minimum atomic E-state index is -2.32. The van der Waals surface area contributed by atoms with Gasteiger partial charge in [-0.3, -0.25) is 4.90 Å². The molecule has 4 atom stereocenters. The van der Waals surface area contributed by atoms with E-state index < -0.39 is 31.4 Å². The van der Waals surface area contributed by atoms with E-state index in [1.54, 1.807) is 18.2 Å². The highest BCUT2D eigenvalue weighted by Crippen LogP contribution is 2.54. The second kappa shape index (κ2) is 15.7. The maximum atomic E-state index is 18.1. The molecule has 1 amide bonds. The van der Waals surface area contributed by atoms with Crippen molar-refractivity contribution in [1.29, 1.82) is 0 Å². The molecule has 4 aromatic rings. The first-order valence-corrected chi connectivity index (χ1v) is 23.5. The summed E-state index contributed by atoms with van der Waals surface area (Å²) in [6.07, 6.45) is 0.683. The number of ether oxygens (including phenoxy) is 4. The number of aromatic nitrogens is 1. The molecule has 4 heterocycles. The zero-order chi connectivity index (χ0) is 43.0. The summed E-state index contributed by atoms with van der Waals surface area (Å²) < 4.78 is 58.7. The Kier molecular flexibility index (Phi) is 11.5. The number of hydrogen-bond donors (Lipinski definition) is 0. The first kappa shape index (κ1) is 43.0. The summed E-state index contributed by atoms with van der Waals surface area (Å²) in [5.74, 6) is 3.54. The van der Waals surface area contributed by atoms with Crippen molar-refractivity contribution in [3.8, 4) is 34.1 Å². The van der Waals surface area contributed by atoms with Gasteiger partial charge in [0.05, 0.1) is 34.1 Å². The molecule has 3 aliphatic rings. The van der Waals surface area contributed by atoms with Crippen LogP contribution in [0.3, 0.4) is 0 Å². The molecule has 0 N–H and O–H groups in total. The molecular formula is C47H58ClF2N3O5Si. The minimum Gasteiger partial charge on any atom is -0.486 e. The van der Waals surface area contributed by atoms with Crippen LogP contribution in [0, 0.1) is 36.9 Å². The number of benzene rings is 3. The summed E-state index contributed by atoms with van der Waals surface area (Å²) in [4.78, 5) is 22.9. The fourth-order valence-electron chi connectivity index (χ4n) is 10.4. The molecule has 3 aromatic carbocycles. The number of nitrogens with zero attached hydrogens (tertiary/aromatic N) is 3. The lowest BCUT2D eigenvalue weighted by Crippen LogP contribution is -2.65. The van der Waals surface area contributed by atoms with Crippen LogP contribution in [-0.4, -0.2) is 74.3 Å². The Morgan fingerprint density at radius 2 is 1.71 bits per heavy atom. The Morgan fingerprint density at radius 1 is 1.03 bits per heavy atom. The standard InChI is InChI=1S/C47H58ClF2N3O5Si/c1-24(2)59(25(3)4,26(5)6)19-18-33-35(49)16-14-30-20-32(56-23-55-13)21-34(38(30)33)39-41(48)44-40-37(42(39)50)27(7)28(8)51-45(40)52-22-31-15-17-36(43(52)29(9)57-44)53(31)46(54)58-47(10,11)12/h14,16,20-21,24-26,29,31,36,43H,15,17,22-23H2,1-13H3/t29-,31+,36-,43+/m0/s1. The van der Waals surface area contributed by atoms with E-state index in [0.29, 0.717) is 73.1 Å². The number of hydrogen-bond acceptors (Lipinski definition) is 7. The van der Waals surface area contributed by atoms with Crippen LogP contribution in [0.2, 0.25) is 21.6 Å². The van der Waals surface area contributed by atoms with Crippen molar-refractivity contribution in [3.05, 3.63) is 57.7 Å². The van der Waals surface area contributed by atoms with Gasteiger partial charge in [0.15, 0.2) is 12.5 Å². The Bertz CT molecular complexity index is 2380. The lowest BCUT2D eigenvalue weighted by atomic mass is 9.90. The van der Waals surface area contributed by atoms with Crippen molar-refractivity contribution in [2.45, 2.75) is 142 Å². The van der Waals surface area contributed by atoms with E-state index in [-0.39, 0.29) is 52.9 Å². The van der Waals surface area contributed by atoms with E-state index in [1.807, 2.05) is 46.4 Å². The summed E-state index contributed by atoms with van der Waals surface area (Å²) in [6.45, 7) is 25.0. The highest BCUT2D eigenvalue weighted by Gasteiger charge is 2.54. The van der Waals surface area contributed by atoms with Crippen molar-refractivity contribution >= 4 is 53.1 Å². The zero-order valence-electron chi connectivity index (χ0n) is 36.7. The number of piperazine rings is 1. The molecule has 7 rings (SSSR count). The molecule has 316 valence electrons. The number of aryl methyl sites for hydroxylation is 2. The predicted octanol–water partition coefficient (Wildman–Crippen LogP) is 11.9. The molecular weight excluding hydrogens is 788 g/mol. The van der Waals surface area contributed by atoms with Gasteiger partial charge in [0, 0.05) is 35.7 Å². The molecule has 1 aromatic heterocycles. The van der Waals surface area contributed by atoms with Crippen molar-refractivity contribution < 1.29 is 32.5 Å². The van der Waals surface area contributed by atoms with Crippen molar-refractivity contribution in [1.82, 2.24) is 9.88 Å². The molecule has 2 bridgehead atoms. The van der Waals surface area contributed by atoms with Crippen LogP contribution in [0.25, 0.3) is 32.7 Å². The van der Waals surface area contributed by atoms with Crippen molar-refractivity contribution in [2.24, 2.45) is 0 Å². The van der Waals surface area contributed by atoms with Crippen LogP contribution in [-0.2, 0) is 9.47 Å². The number of rotatable bonds is 7. The number of halogens is 3. The van der Waals surface area contributed by atoms with Crippen LogP contribution in [0.1, 0.15) is 98.9 Å². The van der Waals surface area contributed by atoms with Crippen LogP contribution < -0.4 is 14.4 Å². The molecule has 0 radical (unpaired) electrons. The normalized spacial score (nSPS) is 20.3. The van der Waals surface area contributed by atoms with Crippen LogP contribution in [0.4, 0.5) is 19.4 Å². The quantitative estimate of drug-likeness (QED) is 0.104. The van der Waals surface area contributed by atoms with Crippen molar-refractivity contribution in [3.63, 3.8) is 0 Å². The van der Waals surface area contributed by atoms with Crippen molar-refractivity contribution in [2.75, 3.05) is 25.3 Å². The summed E-state index contributed by atoms with van der Waals surface area (Å²) >= 11 is 7.53. The summed E-state index contributed by atoms with van der Waals surface area (Å²) in [5.41, 5.74) is 5.82. The SMILES string of the molecule is COCOc1cc(-c2c(Cl)c3c4c(nc(C)c(C)c4c2F)N2C[C@H]4CC[C@@H]([C@H]2[C@H](C)O3)N4C(=O)OC(C)(C)C)c2c(C#C[Si](C(C)C)(C(C)C)C(C)C)c(F)ccc2c1. The first-order valence-electron chi connectivity index (χ1n) is 20.9. The second-order valence-corrected chi connectivity index (χ2v) is 24.5. The molecule has 0 unspecified atom stereocenters. The fourth-order valence-corrected chi connectivity index (χ4v) is 16.0.